The molecule has 4 aromatic rings. The zero-order chi connectivity index (χ0) is 21.5. The summed E-state index contributed by atoms with van der Waals surface area (Å²) in [6, 6.07) is 6.46. The zero-order valence-electron chi connectivity index (χ0n) is 17.1. The van der Waals surface area contributed by atoms with E-state index in [2.05, 4.69) is 20.0 Å². The first-order chi connectivity index (χ1) is 15.0. The molecular weight excluding hydrogens is 419 g/mol. The van der Waals surface area contributed by atoms with Crippen molar-refractivity contribution in [1.82, 2.24) is 24.7 Å². The predicted octanol–water partition coefficient (Wildman–Crippen LogP) is 4.10. The SMILES string of the molecule is Cc1cnc2cc(N3CCO[C@H](c4cnn(C)c4)C3)nc(-c3ccc(Cl)cc3F)c2n1. The number of morpholine rings is 1. The van der Waals surface area contributed by atoms with Gasteiger partial charge in [-0.05, 0) is 25.1 Å². The lowest BCUT2D eigenvalue weighted by molar-refractivity contribution is 0.0395. The quantitative estimate of drug-likeness (QED) is 0.479. The Morgan fingerprint density at radius 2 is 2.06 bits per heavy atom. The van der Waals surface area contributed by atoms with Crippen molar-refractivity contribution in [3.8, 4) is 11.3 Å². The molecule has 0 unspecified atom stereocenters. The molecule has 4 heterocycles. The Hall–Kier alpha value is -3.10. The first-order valence-electron chi connectivity index (χ1n) is 9.93. The number of hydrogen-bond donors (Lipinski definition) is 0. The van der Waals surface area contributed by atoms with E-state index in [9.17, 15) is 4.39 Å². The van der Waals surface area contributed by atoms with Gasteiger partial charge in [-0.25, -0.2) is 14.4 Å². The van der Waals surface area contributed by atoms with Crippen LogP contribution in [0.25, 0.3) is 22.3 Å². The number of fused-ring (bicyclic) bond motifs is 1. The van der Waals surface area contributed by atoms with Gasteiger partial charge in [0.15, 0.2) is 0 Å². The van der Waals surface area contributed by atoms with E-state index in [0.717, 1.165) is 11.3 Å². The number of halogens is 2. The largest absolute Gasteiger partial charge is 0.370 e. The minimum Gasteiger partial charge on any atom is -0.370 e. The molecule has 1 atom stereocenters. The van der Waals surface area contributed by atoms with Crippen molar-refractivity contribution in [1.29, 1.82) is 0 Å². The van der Waals surface area contributed by atoms with Gasteiger partial charge in [0.2, 0.25) is 0 Å². The molecule has 0 aliphatic carbocycles. The van der Waals surface area contributed by atoms with E-state index in [0.29, 0.717) is 52.8 Å². The average Bonchev–Trinajstić information content (AvgIpc) is 3.20. The molecule has 31 heavy (non-hydrogen) atoms. The fourth-order valence-corrected chi connectivity index (χ4v) is 3.94. The Balaban J connectivity index is 1.60. The molecule has 0 saturated carbocycles. The summed E-state index contributed by atoms with van der Waals surface area (Å²) >= 11 is 5.96. The first kappa shape index (κ1) is 19.8. The Labute approximate surface area is 183 Å². The maximum absolute atomic E-state index is 14.8. The Morgan fingerprint density at radius 1 is 1.19 bits per heavy atom. The normalized spacial score (nSPS) is 16.8. The Morgan fingerprint density at radius 3 is 2.84 bits per heavy atom. The fraction of sp³-hybridized carbons (Fsp3) is 0.273. The van der Waals surface area contributed by atoms with Crippen LogP contribution in [-0.4, -0.2) is 44.4 Å². The van der Waals surface area contributed by atoms with Crippen LogP contribution in [0.3, 0.4) is 0 Å². The van der Waals surface area contributed by atoms with Gasteiger partial charge in [0, 0.05) is 54.7 Å². The van der Waals surface area contributed by atoms with Gasteiger partial charge in [0.25, 0.3) is 0 Å². The minimum absolute atomic E-state index is 0.125. The van der Waals surface area contributed by atoms with Gasteiger partial charge >= 0.3 is 0 Å². The number of aromatic nitrogens is 5. The molecule has 0 amide bonds. The summed E-state index contributed by atoms with van der Waals surface area (Å²) in [4.78, 5) is 16.1. The number of nitrogens with zero attached hydrogens (tertiary/aromatic N) is 6. The molecule has 3 aromatic heterocycles. The van der Waals surface area contributed by atoms with Crippen molar-refractivity contribution in [3.63, 3.8) is 0 Å². The highest BCUT2D eigenvalue weighted by Crippen LogP contribution is 2.33. The standard InChI is InChI=1S/C22H20ClFN6O/c1-13-9-25-18-8-20(30-5-6-31-19(12-30)14-10-26-29(2)11-14)28-21(22(18)27-13)16-4-3-15(23)7-17(16)24/h3-4,7-11,19H,5-6,12H2,1-2H3/t19-/m0/s1. The number of rotatable bonds is 3. The lowest BCUT2D eigenvalue weighted by Crippen LogP contribution is -2.38. The van der Waals surface area contributed by atoms with E-state index in [4.69, 9.17) is 21.3 Å². The van der Waals surface area contributed by atoms with E-state index >= 15 is 0 Å². The second kappa shape index (κ2) is 7.86. The van der Waals surface area contributed by atoms with E-state index in [-0.39, 0.29) is 6.10 Å². The molecule has 158 valence electrons. The second-order valence-electron chi connectivity index (χ2n) is 7.59. The monoisotopic (exact) mass is 438 g/mol. The van der Waals surface area contributed by atoms with E-state index < -0.39 is 5.82 Å². The Kier molecular flexibility index (Phi) is 5.03. The van der Waals surface area contributed by atoms with Gasteiger partial charge < -0.3 is 9.64 Å². The molecule has 1 aromatic carbocycles. The van der Waals surface area contributed by atoms with Crippen molar-refractivity contribution < 1.29 is 9.13 Å². The van der Waals surface area contributed by atoms with Crippen LogP contribution >= 0.6 is 11.6 Å². The smallest absolute Gasteiger partial charge is 0.134 e. The minimum atomic E-state index is -0.447. The molecule has 0 spiro atoms. The highest BCUT2D eigenvalue weighted by molar-refractivity contribution is 6.30. The summed E-state index contributed by atoms with van der Waals surface area (Å²) in [5, 5.41) is 4.57. The van der Waals surface area contributed by atoms with Crippen molar-refractivity contribution >= 4 is 28.5 Å². The number of ether oxygens (including phenoxy) is 1. The topological polar surface area (TPSA) is 69.0 Å². The molecule has 0 N–H and O–H groups in total. The number of aryl methyl sites for hydroxylation is 2. The number of benzene rings is 1. The summed E-state index contributed by atoms with van der Waals surface area (Å²) in [6.45, 7) is 3.66. The number of anilines is 1. The van der Waals surface area contributed by atoms with Crippen LogP contribution in [0.15, 0.2) is 42.9 Å². The third-order valence-electron chi connectivity index (χ3n) is 5.31. The highest BCUT2D eigenvalue weighted by Gasteiger charge is 2.25. The lowest BCUT2D eigenvalue weighted by atomic mass is 10.1. The second-order valence-corrected chi connectivity index (χ2v) is 8.02. The zero-order valence-corrected chi connectivity index (χ0v) is 17.8. The summed E-state index contributed by atoms with van der Waals surface area (Å²) in [5.74, 6) is 0.254. The molecule has 1 saturated heterocycles. The summed E-state index contributed by atoms with van der Waals surface area (Å²) in [5.41, 5.74) is 3.75. The fourth-order valence-electron chi connectivity index (χ4n) is 3.79. The molecule has 0 radical (unpaired) electrons. The van der Waals surface area contributed by atoms with Crippen LogP contribution in [0.5, 0.6) is 0 Å². The van der Waals surface area contributed by atoms with Crippen molar-refractivity contribution in [2.45, 2.75) is 13.0 Å². The maximum Gasteiger partial charge on any atom is 0.134 e. The van der Waals surface area contributed by atoms with E-state index in [1.165, 1.54) is 6.07 Å². The number of hydrogen-bond acceptors (Lipinski definition) is 6. The third-order valence-corrected chi connectivity index (χ3v) is 5.55. The summed E-state index contributed by atoms with van der Waals surface area (Å²) in [7, 11) is 1.88. The molecule has 5 rings (SSSR count). The molecule has 1 aliphatic heterocycles. The average molecular weight is 439 g/mol. The van der Waals surface area contributed by atoms with Gasteiger partial charge in [0.05, 0.1) is 24.0 Å². The van der Waals surface area contributed by atoms with Crippen molar-refractivity contribution in [2.24, 2.45) is 7.05 Å². The van der Waals surface area contributed by atoms with Crippen LogP contribution in [0.4, 0.5) is 10.2 Å². The van der Waals surface area contributed by atoms with Crippen molar-refractivity contribution in [2.75, 3.05) is 24.6 Å². The molecule has 7 nitrogen and oxygen atoms in total. The van der Waals surface area contributed by atoms with Crippen LogP contribution in [0, 0.1) is 12.7 Å². The van der Waals surface area contributed by atoms with Gasteiger partial charge in [-0.15, -0.1) is 0 Å². The molecule has 1 aliphatic rings. The predicted molar refractivity (Wildman–Crippen MR) is 117 cm³/mol. The van der Waals surface area contributed by atoms with Gasteiger partial charge in [-0.1, -0.05) is 11.6 Å². The van der Waals surface area contributed by atoms with E-state index in [1.807, 2.05) is 32.4 Å². The van der Waals surface area contributed by atoms with Gasteiger partial charge in [-0.3, -0.25) is 9.67 Å². The Bertz CT molecular complexity index is 1280. The molecule has 1 fully saturated rings. The van der Waals surface area contributed by atoms with Crippen molar-refractivity contribution in [3.05, 3.63) is 65.0 Å². The lowest BCUT2D eigenvalue weighted by Gasteiger charge is -2.33. The van der Waals surface area contributed by atoms with Gasteiger partial charge in [-0.2, -0.15) is 5.10 Å². The molecule has 0 bridgehead atoms. The van der Waals surface area contributed by atoms with Crippen LogP contribution in [-0.2, 0) is 11.8 Å². The summed E-state index contributed by atoms with van der Waals surface area (Å²) < 4.78 is 22.5. The maximum atomic E-state index is 14.8. The van der Waals surface area contributed by atoms with Crippen LogP contribution in [0.1, 0.15) is 17.4 Å². The number of pyridine rings is 1. The molecule has 9 heteroatoms. The third kappa shape index (κ3) is 3.84. The molecular formula is C22H20ClFN6O. The van der Waals surface area contributed by atoms with Gasteiger partial charge in [0.1, 0.15) is 28.9 Å². The highest BCUT2D eigenvalue weighted by atomic mass is 35.5. The first-order valence-corrected chi connectivity index (χ1v) is 10.3. The van der Waals surface area contributed by atoms with E-state index in [1.54, 1.807) is 23.0 Å². The summed E-state index contributed by atoms with van der Waals surface area (Å²) in [6.07, 6.45) is 5.33. The van der Waals surface area contributed by atoms with Crippen LogP contribution < -0.4 is 4.90 Å². The van der Waals surface area contributed by atoms with Crippen LogP contribution in [0.2, 0.25) is 5.02 Å².